The standard InChI is InChI=1S/C19H16BrN3O3S/c20-15-8-6-13(7-9-15)18(25)23-22-17(24)12-27-11-16-10-26-19(21-16)14-4-2-1-3-5-14/h1-10H,11-12H2,(H,22,24)(H,23,25). The van der Waals surface area contributed by atoms with Crippen molar-refractivity contribution in [2.75, 3.05) is 5.75 Å². The molecule has 0 bridgehead atoms. The first kappa shape index (κ1) is 19.2. The number of nitrogens with zero attached hydrogens (tertiary/aromatic N) is 1. The van der Waals surface area contributed by atoms with Gasteiger partial charge in [-0.05, 0) is 36.4 Å². The van der Waals surface area contributed by atoms with Crippen LogP contribution < -0.4 is 10.9 Å². The molecule has 0 atom stereocenters. The first-order valence-electron chi connectivity index (χ1n) is 8.04. The van der Waals surface area contributed by atoms with Crippen molar-refractivity contribution in [3.8, 4) is 11.5 Å². The minimum Gasteiger partial charge on any atom is -0.444 e. The number of aromatic nitrogens is 1. The summed E-state index contributed by atoms with van der Waals surface area (Å²) in [6.07, 6.45) is 1.59. The third-order valence-electron chi connectivity index (χ3n) is 3.48. The van der Waals surface area contributed by atoms with E-state index in [0.29, 0.717) is 17.2 Å². The molecule has 8 heteroatoms. The summed E-state index contributed by atoms with van der Waals surface area (Å²) in [6.45, 7) is 0. The first-order valence-corrected chi connectivity index (χ1v) is 9.99. The molecule has 6 nitrogen and oxygen atoms in total. The normalized spacial score (nSPS) is 10.4. The van der Waals surface area contributed by atoms with E-state index in [4.69, 9.17) is 4.42 Å². The molecule has 0 aliphatic heterocycles. The van der Waals surface area contributed by atoms with Crippen molar-refractivity contribution in [2.24, 2.45) is 0 Å². The van der Waals surface area contributed by atoms with Crippen molar-refractivity contribution in [3.63, 3.8) is 0 Å². The Balaban J connectivity index is 1.40. The summed E-state index contributed by atoms with van der Waals surface area (Å²) < 4.78 is 6.34. The van der Waals surface area contributed by atoms with Crippen molar-refractivity contribution in [1.82, 2.24) is 15.8 Å². The highest BCUT2D eigenvalue weighted by atomic mass is 79.9. The molecule has 0 spiro atoms. The molecular weight excluding hydrogens is 430 g/mol. The molecule has 138 valence electrons. The molecule has 0 unspecified atom stereocenters. The number of nitrogens with one attached hydrogen (secondary N) is 2. The SMILES string of the molecule is O=C(CSCc1coc(-c2ccccc2)n1)NNC(=O)c1ccc(Br)cc1. The van der Waals surface area contributed by atoms with Crippen LogP contribution in [0.1, 0.15) is 16.1 Å². The maximum Gasteiger partial charge on any atom is 0.269 e. The van der Waals surface area contributed by atoms with Gasteiger partial charge >= 0.3 is 0 Å². The second kappa shape index (κ2) is 9.38. The maximum atomic E-state index is 11.9. The Hall–Kier alpha value is -2.58. The van der Waals surface area contributed by atoms with E-state index in [1.165, 1.54) is 11.8 Å². The number of carbonyl (C=O) groups is 2. The first-order chi connectivity index (χ1) is 13.1. The Morgan fingerprint density at radius 1 is 1.04 bits per heavy atom. The smallest absolute Gasteiger partial charge is 0.269 e. The van der Waals surface area contributed by atoms with Crippen LogP contribution in [0.4, 0.5) is 0 Å². The highest BCUT2D eigenvalue weighted by Crippen LogP contribution is 2.20. The molecule has 0 saturated carbocycles. The largest absolute Gasteiger partial charge is 0.444 e. The van der Waals surface area contributed by atoms with Gasteiger partial charge in [-0.1, -0.05) is 34.1 Å². The number of carbonyl (C=O) groups excluding carboxylic acids is 2. The zero-order chi connectivity index (χ0) is 19.1. The van der Waals surface area contributed by atoms with Gasteiger partial charge in [-0.2, -0.15) is 0 Å². The van der Waals surface area contributed by atoms with Gasteiger partial charge in [0.15, 0.2) is 0 Å². The Bertz CT molecular complexity index is 913. The second-order valence-electron chi connectivity index (χ2n) is 5.51. The van der Waals surface area contributed by atoms with Crippen LogP contribution >= 0.6 is 27.7 Å². The molecular formula is C19H16BrN3O3S. The van der Waals surface area contributed by atoms with E-state index in [9.17, 15) is 9.59 Å². The van der Waals surface area contributed by atoms with Crippen LogP contribution in [0.25, 0.3) is 11.5 Å². The number of hydrogen-bond donors (Lipinski definition) is 2. The monoisotopic (exact) mass is 445 g/mol. The number of amides is 2. The molecule has 27 heavy (non-hydrogen) atoms. The quantitative estimate of drug-likeness (QED) is 0.563. The third-order valence-corrected chi connectivity index (χ3v) is 4.97. The van der Waals surface area contributed by atoms with Crippen molar-refractivity contribution < 1.29 is 14.0 Å². The minimum atomic E-state index is -0.371. The molecule has 2 amide bonds. The van der Waals surface area contributed by atoms with Crippen molar-refractivity contribution >= 4 is 39.5 Å². The zero-order valence-corrected chi connectivity index (χ0v) is 16.5. The molecule has 1 heterocycles. The topological polar surface area (TPSA) is 84.2 Å². The predicted molar refractivity (Wildman–Crippen MR) is 108 cm³/mol. The molecule has 0 saturated heterocycles. The van der Waals surface area contributed by atoms with Crippen molar-refractivity contribution in [3.05, 3.63) is 76.6 Å². The van der Waals surface area contributed by atoms with E-state index >= 15 is 0 Å². The van der Waals surface area contributed by atoms with Gasteiger partial charge in [0.2, 0.25) is 11.8 Å². The summed E-state index contributed by atoms with van der Waals surface area (Å²) in [5.41, 5.74) is 6.91. The molecule has 0 aliphatic rings. The number of halogens is 1. The van der Waals surface area contributed by atoms with E-state index in [2.05, 4.69) is 31.8 Å². The summed E-state index contributed by atoms with van der Waals surface area (Å²) in [5, 5.41) is 0. The maximum absolute atomic E-state index is 11.9. The van der Waals surface area contributed by atoms with E-state index < -0.39 is 0 Å². The highest BCUT2D eigenvalue weighted by Gasteiger charge is 2.09. The molecule has 1 aromatic heterocycles. The molecule has 0 radical (unpaired) electrons. The molecule has 0 aliphatic carbocycles. The van der Waals surface area contributed by atoms with Crippen LogP contribution in [0.5, 0.6) is 0 Å². The lowest BCUT2D eigenvalue weighted by molar-refractivity contribution is -0.119. The second-order valence-corrected chi connectivity index (χ2v) is 7.41. The molecule has 3 rings (SSSR count). The molecule has 3 aromatic rings. The van der Waals surface area contributed by atoms with E-state index in [0.717, 1.165) is 15.7 Å². The lowest BCUT2D eigenvalue weighted by Gasteiger charge is -2.07. The van der Waals surface area contributed by atoms with Crippen molar-refractivity contribution in [1.29, 1.82) is 0 Å². The average molecular weight is 446 g/mol. The van der Waals surface area contributed by atoms with Gasteiger partial charge in [0.25, 0.3) is 5.91 Å². The zero-order valence-electron chi connectivity index (χ0n) is 14.1. The Labute approximate surface area is 168 Å². The third kappa shape index (κ3) is 5.70. The van der Waals surface area contributed by atoms with Crippen LogP contribution in [0, 0.1) is 0 Å². The lowest BCUT2D eigenvalue weighted by Crippen LogP contribution is -2.42. The van der Waals surface area contributed by atoms with Gasteiger partial charge in [-0.3, -0.25) is 20.4 Å². The van der Waals surface area contributed by atoms with Crippen LogP contribution in [0.15, 0.2) is 69.8 Å². The highest BCUT2D eigenvalue weighted by molar-refractivity contribution is 9.10. The Morgan fingerprint density at radius 2 is 1.78 bits per heavy atom. The van der Waals surface area contributed by atoms with Gasteiger partial charge in [-0.15, -0.1) is 11.8 Å². The number of oxazole rings is 1. The fraction of sp³-hybridized carbons (Fsp3) is 0.105. The predicted octanol–water partition coefficient (Wildman–Crippen LogP) is 3.80. The summed E-state index contributed by atoms with van der Waals surface area (Å²) in [5.74, 6) is 0.609. The van der Waals surface area contributed by atoms with Crippen molar-refractivity contribution in [2.45, 2.75) is 5.75 Å². The van der Waals surface area contributed by atoms with E-state index in [-0.39, 0.29) is 17.6 Å². The molecule has 2 N–H and O–H groups in total. The average Bonchev–Trinajstić information content (AvgIpc) is 3.16. The van der Waals surface area contributed by atoms with Gasteiger partial charge < -0.3 is 4.42 Å². The van der Waals surface area contributed by atoms with Crippen LogP contribution in [-0.2, 0) is 10.5 Å². The fourth-order valence-corrected chi connectivity index (χ4v) is 3.14. The number of rotatable bonds is 6. The fourth-order valence-electron chi connectivity index (χ4n) is 2.17. The number of hydrogen-bond acceptors (Lipinski definition) is 5. The van der Waals surface area contributed by atoms with Crippen LogP contribution in [0.2, 0.25) is 0 Å². The van der Waals surface area contributed by atoms with E-state index in [1.807, 2.05) is 30.3 Å². The van der Waals surface area contributed by atoms with Gasteiger partial charge in [-0.25, -0.2) is 4.98 Å². The van der Waals surface area contributed by atoms with Crippen LogP contribution in [-0.4, -0.2) is 22.6 Å². The lowest BCUT2D eigenvalue weighted by atomic mass is 10.2. The Morgan fingerprint density at radius 3 is 2.52 bits per heavy atom. The minimum absolute atomic E-state index is 0.189. The number of benzene rings is 2. The van der Waals surface area contributed by atoms with Gasteiger partial charge in [0, 0.05) is 21.4 Å². The summed E-state index contributed by atoms with van der Waals surface area (Å²) in [4.78, 5) is 28.2. The van der Waals surface area contributed by atoms with E-state index in [1.54, 1.807) is 30.5 Å². The summed E-state index contributed by atoms with van der Waals surface area (Å²) in [7, 11) is 0. The summed E-state index contributed by atoms with van der Waals surface area (Å²) >= 11 is 4.68. The van der Waals surface area contributed by atoms with Crippen LogP contribution in [0.3, 0.4) is 0 Å². The molecule has 2 aromatic carbocycles. The van der Waals surface area contributed by atoms with Gasteiger partial charge in [0.05, 0.1) is 11.4 Å². The van der Waals surface area contributed by atoms with Gasteiger partial charge in [0.1, 0.15) is 6.26 Å². The molecule has 0 fully saturated rings. The number of hydrazine groups is 1. The summed E-state index contributed by atoms with van der Waals surface area (Å²) in [6, 6.07) is 16.4. The Kier molecular flexibility index (Phi) is 6.67. The number of thioether (sulfide) groups is 1.